The number of aliphatic hydroxyl groups excluding tert-OH is 2. The zero-order chi connectivity index (χ0) is 15.1. The van der Waals surface area contributed by atoms with Crippen LogP contribution in [0.5, 0.6) is 0 Å². The maximum absolute atomic E-state index is 12.7. The summed E-state index contributed by atoms with van der Waals surface area (Å²) >= 11 is 0. The van der Waals surface area contributed by atoms with Crippen molar-refractivity contribution in [1.82, 2.24) is 4.90 Å². The minimum absolute atomic E-state index is 0.00159. The molecule has 1 fully saturated rings. The smallest absolute Gasteiger partial charge is 0.255 e. The summed E-state index contributed by atoms with van der Waals surface area (Å²) < 4.78 is 0. The van der Waals surface area contributed by atoms with Crippen molar-refractivity contribution in [1.29, 1.82) is 0 Å². The van der Waals surface area contributed by atoms with Crippen molar-refractivity contribution >= 4 is 5.91 Å². The molecule has 2 rings (SSSR count). The first-order valence-corrected chi connectivity index (χ1v) is 7.38. The van der Waals surface area contributed by atoms with Crippen LogP contribution in [0.25, 0.3) is 0 Å². The summed E-state index contributed by atoms with van der Waals surface area (Å²) in [5.74, 6) is 5.43. The fourth-order valence-electron chi connectivity index (χ4n) is 2.80. The second-order valence-electron chi connectivity index (χ2n) is 5.17. The van der Waals surface area contributed by atoms with Crippen molar-refractivity contribution in [2.75, 3.05) is 19.8 Å². The van der Waals surface area contributed by atoms with E-state index in [2.05, 4.69) is 11.8 Å². The predicted octanol–water partition coefficient (Wildman–Crippen LogP) is 1.41. The van der Waals surface area contributed by atoms with E-state index < -0.39 is 0 Å². The fourth-order valence-corrected chi connectivity index (χ4v) is 2.80. The van der Waals surface area contributed by atoms with Crippen molar-refractivity contribution in [3.63, 3.8) is 0 Å². The van der Waals surface area contributed by atoms with Gasteiger partial charge in [0.2, 0.25) is 0 Å². The number of nitrogens with zero attached hydrogens (tertiary/aromatic N) is 1. The molecule has 1 aliphatic rings. The Morgan fingerprint density at radius 1 is 1.33 bits per heavy atom. The van der Waals surface area contributed by atoms with Gasteiger partial charge in [-0.15, -0.1) is 0 Å². The molecule has 0 spiro atoms. The van der Waals surface area contributed by atoms with Gasteiger partial charge >= 0.3 is 0 Å². The van der Waals surface area contributed by atoms with Crippen LogP contribution >= 0.6 is 0 Å². The van der Waals surface area contributed by atoms with Gasteiger partial charge in [-0.05, 0) is 37.8 Å². The zero-order valence-corrected chi connectivity index (χ0v) is 12.1. The average molecular weight is 287 g/mol. The molecule has 21 heavy (non-hydrogen) atoms. The topological polar surface area (TPSA) is 60.8 Å². The van der Waals surface area contributed by atoms with Crippen LogP contribution in [-0.2, 0) is 0 Å². The van der Waals surface area contributed by atoms with Crippen molar-refractivity contribution in [2.24, 2.45) is 0 Å². The van der Waals surface area contributed by atoms with E-state index in [1.165, 1.54) is 0 Å². The second-order valence-corrected chi connectivity index (χ2v) is 5.17. The number of benzene rings is 1. The molecule has 0 radical (unpaired) electrons. The van der Waals surface area contributed by atoms with Crippen molar-refractivity contribution in [3.05, 3.63) is 35.4 Å². The van der Waals surface area contributed by atoms with Crippen LogP contribution in [0.4, 0.5) is 0 Å². The summed E-state index contributed by atoms with van der Waals surface area (Å²) in [7, 11) is 0. The highest BCUT2D eigenvalue weighted by molar-refractivity contribution is 5.97. The number of amides is 1. The van der Waals surface area contributed by atoms with E-state index in [9.17, 15) is 4.79 Å². The number of hydrogen-bond acceptors (Lipinski definition) is 3. The molecule has 1 aromatic rings. The third kappa shape index (κ3) is 3.84. The minimum Gasteiger partial charge on any atom is -0.396 e. The Balaban J connectivity index is 2.19. The van der Waals surface area contributed by atoms with E-state index in [1.807, 2.05) is 17.0 Å². The van der Waals surface area contributed by atoms with E-state index in [0.717, 1.165) is 32.2 Å². The monoisotopic (exact) mass is 287 g/mol. The molecule has 4 heteroatoms. The molecule has 0 aliphatic carbocycles. The summed E-state index contributed by atoms with van der Waals surface area (Å²) in [6.07, 6.45) is 3.57. The molecule has 2 N–H and O–H groups in total. The van der Waals surface area contributed by atoms with Gasteiger partial charge in [-0.3, -0.25) is 4.79 Å². The largest absolute Gasteiger partial charge is 0.396 e. The van der Waals surface area contributed by atoms with E-state index >= 15 is 0 Å². The van der Waals surface area contributed by atoms with Crippen LogP contribution in [0.3, 0.4) is 0 Å². The van der Waals surface area contributed by atoms with Gasteiger partial charge in [0.1, 0.15) is 6.61 Å². The summed E-state index contributed by atoms with van der Waals surface area (Å²) in [6, 6.07) is 7.46. The number of carbonyl (C=O) groups is 1. The molecule has 1 aliphatic heterocycles. The average Bonchev–Trinajstić information content (AvgIpc) is 2.99. The summed E-state index contributed by atoms with van der Waals surface area (Å²) in [4.78, 5) is 14.6. The number of hydrogen-bond donors (Lipinski definition) is 2. The highest BCUT2D eigenvalue weighted by atomic mass is 16.3. The molecule has 1 atom stereocenters. The van der Waals surface area contributed by atoms with Crippen LogP contribution in [0.15, 0.2) is 24.3 Å². The van der Waals surface area contributed by atoms with Gasteiger partial charge in [-0.1, -0.05) is 24.0 Å². The predicted molar refractivity (Wildman–Crippen MR) is 80.8 cm³/mol. The summed E-state index contributed by atoms with van der Waals surface area (Å²) in [5, 5.41) is 17.8. The Morgan fingerprint density at radius 3 is 2.90 bits per heavy atom. The van der Waals surface area contributed by atoms with Crippen molar-refractivity contribution in [2.45, 2.75) is 31.7 Å². The van der Waals surface area contributed by atoms with Crippen LogP contribution in [0.1, 0.15) is 41.6 Å². The van der Waals surface area contributed by atoms with Crippen LogP contribution in [-0.4, -0.2) is 46.8 Å². The third-order valence-corrected chi connectivity index (χ3v) is 3.79. The second kappa shape index (κ2) is 7.82. The minimum atomic E-state index is -0.217. The highest BCUT2D eigenvalue weighted by Gasteiger charge is 2.29. The Labute approximate surface area is 125 Å². The van der Waals surface area contributed by atoms with Gasteiger partial charge in [0.05, 0.1) is 5.56 Å². The first-order chi connectivity index (χ1) is 10.3. The molecule has 0 aromatic heterocycles. The molecule has 112 valence electrons. The number of rotatable bonds is 4. The first kappa shape index (κ1) is 15.6. The number of likely N-dealkylation sites (tertiary alicyclic amines) is 1. The Hall–Kier alpha value is -1.83. The van der Waals surface area contributed by atoms with E-state index in [4.69, 9.17) is 10.2 Å². The maximum atomic E-state index is 12.7. The lowest BCUT2D eigenvalue weighted by Gasteiger charge is -2.25. The molecule has 4 nitrogen and oxygen atoms in total. The third-order valence-electron chi connectivity index (χ3n) is 3.79. The molecular weight excluding hydrogens is 266 g/mol. The van der Waals surface area contributed by atoms with Crippen molar-refractivity contribution in [3.8, 4) is 11.8 Å². The lowest BCUT2D eigenvalue weighted by Crippen LogP contribution is -2.36. The molecule has 1 heterocycles. The Bertz CT molecular complexity index is 544. The van der Waals surface area contributed by atoms with Gasteiger partial charge in [0.15, 0.2) is 0 Å². The molecule has 1 unspecified atom stereocenters. The first-order valence-electron chi connectivity index (χ1n) is 7.38. The summed E-state index contributed by atoms with van der Waals surface area (Å²) in [5.41, 5.74) is 1.25. The quantitative estimate of drug-likeness (QED) is 0.823. The molecule has 0 saturated carbocycles. The van der Waals surface area contributed by atoms with Gasteiger partial charge in [-0.2, -0.15) is 0 Å². The standard InChI is InChI=1S/C17H21NO3/c19-12-4-7-14-6-1-2-10-16(14)17(21)18-11-3-8-15(18)9-5-13-20/h1-2,6,10,15,19-20H,3,5,8-9,11-13H2. The molecule has 1 saturated heterocycles. The van der Waals surface area contributed by atoms with Gasteiger partial charge < -0.3 is 15.1 Å². The Morgan fingerprint density at radius 2 is 2.14 bits per heavy atom. The Kier molecular flexibility index (Phi) is 5.79. The zero-order valence-electron chi connectivity index (χ0n) is 12.1. The van der Waals surface area contributed by atoms with Crippen LogP contribution in [0, 0.1) is 11.8 Å². The van der Waals surface area contributed by atoms with E-state index in [-0.39, 0.29) is 25.2 Å². The fraction of sp³-hybridized carbons (Fsp3) is 0.471. The number of carbonyl (C=O) groups excluding carboxylic acids is 1. The maximum Gasteiger partial charge on any atom is 0.255 e. The molecule has 1 amide bonds. The van der Waals surface area contributed by atoms with Crippen LogP contribution < -0.4 is 0 Å². The normalized spacial score (nSPS) is 17.4. The van der Waals surface area contributed by atoms with Gasteiger partial charge in [0.25, 0.3) is 5.91 Å². The van der Waals surface area contributed by atoms with Gasteiger partial charge in [0, 0.05) is 24.8 Å². The van der Waals surface area contributed by atoms with Gasteiger partial charge in [-0.25, -0.2) is 0 Å². The molecular formula is C17H21NO3. The molecule has 0 bridgehead atoms. The summed E-state index contributed by atoms with van der Waals surface area (Å²) in [6.45, 7) is 0.707. The van der Waals surface area contributed by atoms with Crippen molar-refractivity contribution < 1.29 is 15.0 Å². The SMILES string of the molecule is O=C(c1ccccc1C#CCO)N1CCCC1CCCO. The van der Waals surface area contributed by atoms with E-state index in [0.29, 0.717) is 11.1 Å². The van der Waals surface area contributed by atoms with E-state index in [1.54, 1.807) is 12.1 Å². The lowest BCUT2D eigenvalue weighted by molar-refractivity contribution is 0.0724. The number of aliphatic hydroxyl groups is 2. The van der Waals surface area contributed by atoms with Crippen LogP contribution in [0.2, 0.25) is 0 Å². The highest BCUT2D eigenvalue weighted by Crippen LogP contribution is 2.24. The lowest BCUT2D eigenvalue weighted by atomic mass is 10.0. The molecule has 1 aromatic carbocycles.